The first-order valence-electron chi connectivity index (χ1n) is 9.79. The van der Waals surface area contributed by atoms with Crippen LogP contribution in [0.2, 0.25) is 5.02 Å². The number of quaternary nitrogens is 2. The first-order chi connectivity index (χ1) is 13.7. The van der Waals surface area contributed by atoms with Crippen LogP contribution in [0, 0.1) is 11.3 Å². The lowest BCUT2D eigenvalue weighted by Gasteiger charge is -2.31. The van der Waals surface area contributed by atoms with Crippen LogP contribution in [0.15, 0.2) is 54.6 Å². The van der Waals surface area contributed by atoms with Gasteiger partial charge in [0, 0.05) is 22.8 Å². The van der Waals surface area contributed by atoms with E-state index in [1.807, 2.05) is 48.5 Å². The summed E-state index contributed by atoms with van der Waals surface area (Å²) in [6.45, 7) is 5.92. The summed E-state index contributed by atoms with van der Waals surface area (Å²) in [4.78, 5) is 17.5. The molecule has 146 valence electrons. The molecule has 1 fully saturated rings. The molecule has 0 radical (unpaired) electrons. The number of nitrogens with one attached hydrogen (secondary N) is 2. The highest BCUT2D eigenvalue weighted by atomic mass is 35.5. The molecule has 0 atom stereocenters. The SMILES string of the molecule is N#CCCN(C(=O)C[NH+]1CC[NH+](Cc2cccc(Cl)c2)CC1)c1ccccc1. The average molecular weight is 399 g/mol. The van der Waals surface area contributed by atoms with E-state index in [4.69, 9.17) is 16.9 Å². The molecule has 1 aliphatic heterocycles. The van der Waals surface area contributed by atoms with Crippen molar-refractivity contribution in [3.8, 4) is 6.07 Å². The molecular formula is C22H27ClN4O+2. The average Bonchev–Trinajstić information content (AvgIpc) is 2.71. The number of carbonyl (C=O) groups excluding carboxylic acids is 1. The fourth-order valence-corrected chi connectivity index (χ4v) is 3.94. The Hall–Kier alpha value is -2.39. The van der Waals surface area contributed by atoms with E-state index in [0.29, 0.717) is 19.5 Å². The topological polar surface area (TPSA) is 53.0 Å². The van der Waals surface area contributed by atoms with Crippen molar-refractivity contribution < 1.29 is 14.6 Å². The Bertz CT molecular complexity index is 813. The Morgan fingerprint density at radius 1 is 1.04 bits per heavy atom. The quantitative estimate of drug-likeness (QED) is 0.716. The third kappa shape index (κ3) is 5.80. The zero-order valence-corrected chi connectivity index (χ0v) is 16.8. The fourth-order valence-electron chi connectivity index (χ4n) is 3.72. The number of para-hydroxylation sites is 1. The number of nitrogens with zero attached hydrogens (tertiary/aromatic N) is 2. The lowest BCUT2D eigenvalue weighted by atomic mass is 10.2. The number of piperazine rings is 1. The van der Waals surface area contributed by atoms with Gasteiger partial charge in [0.05, 0.1) is 12.5 Å². The van der Waals surface area contributed by atoms with Crippen LogP contribution in [0.5, 0.6) is 0 Å². The van der Waals surface area contributed by atoms with Crippen molar-refractivity contribution in [2.75, 3.05) is 44.2 Å². The highest BCUT2D eigenvalue weighted by Crippen LogP contribution is 2.13. The maximum Gasteiger partial charge on any atom is 0.282 e. The third-order valence-electron chi connectivity index (χ3n) is 5.22. The highest BCUT2D eigenvalue weighted by Gasteiger charge is 2.27. The van der Waals surface area contributed by atoms with Gasteiger partial charge in [-0.15, -0.1) is 0 Å². The summed E-state index contributed by atoms with van der Waals surface area (Å²) in [5.74, 6) is 0.0924. The summed E-state index contributed by atoms with van der Waals surface area (Å²) in [6, 6.07) is 19.8. The van der Waals surface area contributed by atoms with Gasteiger partial charge in [0.1, 0.15) is 32.7 Å². The summed E-state index contributed by atoms with van der Waals surface area (Å²) < 4.78 is 0. The number of anilines is 1. The van der Waals surface area contributed by atoms with Crippen molar-refractivity contribution >= 4 is 23.2 Å². The van der Waals surface area contributed by atoms with Gasteiger partial charge in [-0.1, -0.05) is 41.9 Å². The molecule has 1 heterocycles. The van der Waals surface area contributed by atoms with Crippen LogP contribution >= 0.6 is 11.6 Å². The highest BCUT2D eigenvalue weighted by molar-refractivity contribution is 6.30. The van der Waals surface area contributed by atoms with Crippen LogP contribution in [0.3, 0.4) is 0 Å². The number of halogens is 1. The summed E-state index contributed by atoms with van der Waals surface area (Å²) in [5, 5.41) is 9.71. The zero-order valence-electron chi connectivity index (χ0n) is 16.0. The van der Waals surface area contributed by atoms with E-state index in [2.05, 4.69) is 12.1 Å². The summed E-state index contributed by atoms with van der Waals surface area (Å²) in [6.07, 6.45) is 0.341. The molecule has 2 N–H and O–H groups in total. The molecule has 0 unspecified atom stereocenters. The predicted octanol–water partition coefficient (Wildman–Crippen LogP) is 0.570. The maximum absolute atomic E-state index is 12.9. The van der Waals surface area contributed by atoms with E-state index in [-0.39, 0.29) is 5.91 Å². The van der Waals surface area contributed by atoms with Crippen LogP contribution < -0.4 is 14.7 Å². The molecule has 0 aliphatic carbocycles. The Kier molecular flexibility index (Phi) is 7.44. The Labute approximate surface area is 171 Å². The summed E-state index contributed by atoms with van der Waals surface area (Å²) in [7, 11) is 0. The van der Waals surface area contributed by atoms with Gasteiger partial charge in [-0.25, -0.2) is 0 Å². The number of rotatable bonds is 7. The smallest absolute Gasteiger partial charge is 0.282 e. The molecule has 2 aromatic rings. The van der Waals surface area contributed by atoms with E-state index in [9.17, 15) is 4.79 Å². The molecule has 1 saturated heterocycles. The lowest BCUT2D eigenvalue weighted by molar-refractivity contribution is -1.02. The molecule has 2 aromatic carbocycles. The number of hydrogen-bond donors (Lipinski definition) is 2. The molecule has 0 bridgehead atoms. The van der Waals surface area contributed by atoms with E-state index in [1.165, 1.54) is 15.4 Å². The van der Waals surface area contributed by atoms with Crippen LogP contribution in [0.25, 0.3) is 0 Å². The van der Waals surface area contributed by atoms with E-state index < -0.39 is 0 Å². The first kappa shape index (κ1) is 20.3. The first-order valence-corrected chi connectivity index (χ1v) is 10.2. The van der Waals surface area contributed by atoms with Crippen LogP contribution in [0.1, 0.15) is 12.0 Å². The van der Waals surface area contributed by atoms with Gasteiger partial charge < -0.3 is 14.7 Å². The normalized spacial score (nSPS) is 19.0. The van der Waals surface area contributed by atoms with E-state index in [0.717, 1.165) is 43.4 Å². The van der Waals surface area contributed by atoms with E-state index in [1.54, 1.807) is 4.90 Å². The van der Waals surface area contributed by atoms with Gasteiger partial charge in [-0.05, 0) is 24.3 Å². The molecule has 1 aliphatic rings. The van der Waals surface area contributed by atoms with Crippen LogP contribution in [-0.2, 0) is 11.3 Å². The number of nitriles is 1. The van der Waals surface area contributed by atoms with Crippen molar-refractivity contribution in [3.05, 3.63) is 65.2 Å². The van der Waals surface area contributed by atoms with Crippen molar-refractivity contribution in [1.82, 2.24) is 0 Å². The van der Waals surface area contributed by atoms with Gasteiger partial charge in [0.15, 0.2) is 6.54 Å². The van der Waals surface area contributed by atoms with Crippen LogP contribution in [-0.4, -0.2) is 45.2 Å². The minimum atomic E-state index is 0.0924. The monoisotopic (exact) mass is 398 g/mol. The van der Waals surface area contributed by atoms with Gasteiger partial charge in [0.2, 0.25) is 0 Å². The van der Waals surface area contributed by atoms with Gasteiger partial charge in [0.25, 0.3) is 5.91 Å². The largest absolute Gasteiger partial charge is 0.322 e. The molecule has 3 rings (SSSR count). The van der Waals surface area contributed by atoms with E-state index >= 15 is 0 Å². The second-order valence-corrected chi connectivity index (χ2v) is 7.71. The number of carbonyl (C=O) groups is 1. The summed E-state index contributed by atoms with van der Waals surface area (Å²) in [5.41, 5.74) is 2.13. The molecule has 0 aromatic heterocycles. The van der Waals surface area contributed by atoms with Gasteiger partial charge in [-0.2, -0.15) is 5.26 Å². The molecule has 1 amide bonds. The molecular weight excluding hydrogens is 372 g/mol. The molecule has 28 heavy (non-hydrogen) atoms. The molecule has 0 spiro atoms. The zero-order chi connectivity index (χ0) is 19.8. The number of benzene rings is 2. The Balaban J connectivity index is 1.52. The second kappa shape index (κ2) is 10.2. The minimum absolute atomic E-state index is 0.0924. The van der Waals surface area contributed by atoms with Crippen molar-refractivity contribution in [2.45, 2.75) is 13.0 Å². The predicted molar refractivity (Wildman–Crippen MR) is 110 cm³/mol. The molecule has 5 nitrogen and oxygen atoms in total. The fraction of sp³-hybridized carbons (Fsp3) is 0.364. The minimum Gasteiger partial charge on any atom is -0.322 e. The Morgan fingerprint density at radius 3 is 2.43 bits per heavy atom. The van der Waals surface area contributed by atoms with Crippen molar-refractivity contribution in [1.29, 1.82) is 5.26 Å². The van der Waals surface area contributed by atoms with Gasteiger partial charge >= 0.3 is 0 Å². The number of hydrogen-bond acceptors (Lipinski definition) is 2. The van der Waals surface area contributed by atoms with Crippen LogP contribution in [0.4, 0.5) is 5.69 Å². The number of amides is 1. The van der Waals surface area contributed by atoms with Crippen molar-refractivity contribution in [2.24, 2.45) is 0 Å². The Morgan fingerprint density at radius 2 is 1.75 bits per heavy atom. The third-order valence-corrected chi connectivity index (χ3v) is 5.46. The maximum atomic E-state index is 12.9. The lowest BCUT2D eigenvalue weighted by Crippen LogP contribution is -3.28. The second-order valence-electron chi connectivity index (χ2n) is 7.27. The molecule has 6 heteroatoms. The van der Waals surface area contributed by atoms with Crippen molar-refractivity contribution in [3.63, 3.8) is 0 Å². The standard InChI is InChI=1S/C22H25ClN4O/c23-20-7-4-6-19(16-20)17-25-12-14-26(15-13-25)18-22(28)27(11-5-10-24)21-8-2-1-3-9-21/h1-4,6-9,16H,5,11-15,17-18H2/p+2. The van der Waals surface area contributed by atoms with Gasteiger partial charge in [-0.3, -0.25) is 4.79 Å². The molecule has 0 saturated carbocycles. The summed E-state index contributed by atoms with van der Waals surface area (Å²) >= 11 is 6.08.